The number of nitrogens with zero attached hydrogens (tertiary/aromatic N) is 1. The highest BCUT2D eigenvalue weighted by Crippen LogP contribution is 2.16. The standard InChI is InChI=1S/C29H32N4O5/c1-2-10-23(16-17-26(30)34)31-27(35)25(19-21-11-5-3-6-12-21)33-18-9-15-24(28(33)36)32-29(37)38-20-22-13-7-4-8-14-22/h2-15,18,23,25H,16-17,19-20H2,1H3,(H2,30,34)(H,31,35)(H,32,37)/b10-2+/t23-,25+/m1/s1. The molecular weight excluding hydrogens is 484 g/mol. The smallest absolute Gasteiger partial charge is 0.412 e. The molecule has 0 fully saturated rings. The first-order chi connectivity index (χ1) is 18.4. The summed E-state index contributed by atoms with van der Waals surface area (Å²) in [6.07, 6.45) is 4.92. The van der Waals surface area contributed by atoms with Gasteiger partial charge < -0.3 is 20.4 Å². The third kappa shape index (κ3) is 8.48. The van der Waals surface area contributed by atoms with Gasteiger partial charge in [-0.25, -0.2) is 4.79 Å². The SMILES string of the molecule is C/C=C/[C@H](CCC(N)=O)NC(=O)[C@H](Cc1ccccc1)n1cccc(NC(=O)OCc2ccccc2)c1=O. The molecule has 1 heterocycles. The fraction of sp³-hybridized carbons (Fsp3) is 0.241. The lowest BCUT2D eigenvalue weighted by atomic mass is 10.0. The Hall–Kier alpha value is -4.66. The number of aromatic nitrogens is 1. The Balaban J connectivity index is 1.83. The number of hydrogen-bond donors (Lipinski definition) is 3. The van der Waals surface area contributed by atoms with Crippen molar-refractivity contribution in [1.29, 1.82) is 0 Å². The fourth-order valence-electron chi connectivity index (χ4n) is 3.90. The molecule has 0 bridgehead atoms. The Morgan fingerprint density at radius 2 is 1.63 bits per heavy atom. The number of amides is 3. The van der Waals surface area contributed by atoms with Crippen LogP contribution in [-0.2, 0) is 27.4 Å². The maximum Gasteiger partial charge on any atom is 0.412 e. The minimum atomic E-state index is -0.923. The molecule has 3 aromatic rings. The van der Waals surface area contributed by atoms with Gasteiger partial charge in [-0.2, -0.15) is 0 Å². The van der Waals surface area contributed by atoms with Crippen LogP contribution < -0.4 is 21.9 Å². The number of hydrogen-bond acceptors (Lipinski definition) is 5. The number of ether oxygens (including phenoxy) is 1. The molecule has 0 aliphatic rings. The number of carbonyl (C=O) groups is 3. The summed E-state index contributed by atoms with van der Waals surface area (Å²) in [5.41, 5.74) is 6.36. The lowest BCUT2D eigenvalue weighted by Gasteiger charge is -2.23. The minimum absolute atomic E-state index is 0.0184. The molecule has 4 N–H and O–H groups in total. The number of allylic oxidation sites excluding steroid dienone is 1. The van der Waals surface area contributed by atoms with Crippen LogP contribution in [0.2, 0.25) is 0 Å². The lowest BCUT2D eigenvalue weighted by molar-refractivity contribution is -0.125. The van der Waals surface area contributed by atoms with Crippen LogP contribution in [0.3, 0.4) is 0 Å². The van der Waals surface area contributed by atoms with Gasteiger partial charge >= 0.3 is 6.09 Å². The van der Waals surface area contributed by atoms with Gasteiger partial charge in [0.1, 0.15) is 18.3 Å². The Kier molecular flexibility index (Phi) is 10.4. The number of nitrogens with one attached hydrogen (secondary N) is 2. The molecule has 9 nitrogen and oxygen atoms in total. The first-order valence-corrected chi connectivity index (χ1v) is 12.3. The zero-order chi connectivity index (χ0) is 27.3. The Morgan fingerprint density at radius 1 is 0.974 bits per heavy atom. The van der Waals surface area contributed by atoms with E-state index in [2.05, 4.69) is 10.6 Å². The molecule has 3 rings (SSSR count). The van der Waals surface area contributed by atoms with Gasteiger partial charge in [-0.05, 0) is 36.6 Å². The maximum atomic E-state index is 13.5. The highest BCUT2D eigenvalue weighted by Gasteiger charge is 2.25. The van der Waals surface area contributed by atoms with Crippen LogP contribution in [0.1, 0.15) is 36.9 Å². The fourth-order valence-corrected chi connectivity index (χ4v) is 3.90. The van der Waals surface area contributed by atoms with E-state index in [4.69, 9.17) is 10.5 Å². The highest BCUT2D eigenvalue weighted by molar-refractivity contribution is 5.85. The van der Waals surface area contributed by atoms with Crippen LogP contribution in [0.4, 0.5) is 10.5 Å². The Labute approximate surface area is 221 Å². The minimum Gasteiger partial charge on any atom is -0.444 e. The van der Waals surface area contributed by atoms with Crippen LogP contribution in [0, 0.1) is 0 Å². The summed E-state index contributed by atoms with van der Waals surface area (Å²) in [6.45, 7) is 1.85. The third-order valence-corrected chi connectivity index (χ3v) is 5.79. The van der Waals surface area contributed by atoms with E-state index in [-0.39, 0.29) is 25.1 Å². The highest BCUT2D eigenvalue weighted by atomic mass is 16.5. The molecule has 0 aliphatic heterocycles. The number of nitrogens with two attached hydrogens (primary N) is 1. The predicted molar refractivity (Wildman–Crippen MR) is 145 cm³/mol. The van der Waals surface area contributed by atoms with Crippen molar-refractivity contribution in [2.45, 2.75) is 44.9 Å². The van der Waals surface area contributed by atoms with Gasteiger partial charge in [0, 0.05) is 25.1 Å². The first kappa shape index (κ1) is 27.9. The Bertz CT molecular complexity index is 1310. The first-order valence-electron chi connectivity index (χ1n) is 12.3. The molecule has 3 amide bonds. The van der Waals surface area contributed by atoms with Gasteiger partial charge in [0.05, 0.1) is 0 Å². The van der Waals surface area contributed by atoms with Crippen molar-refractivity contribution in [1.82, 2.24) is 9.88 Å². The van der Waals surface area contributed by atoms with E-state index >= 15 is 0 Å². The maximum absolute atomic E-state index is 13.5. The monoisotopic (exact) mass is 516 g/mol. The number of anilines is 1. The van der Waals surface area contributed by atoms with Crippen molar-refractivity contribution in [2.24, 2.45) is 5.73 Å². The molecule has 1 aromatic heterocycles. The van der Waals surface area contributed by atoms with Crippen LogP contribution in [-0.4, -0.2) is 28.5 Å². The molecule has 0 saturated carbocycles. The molecule has 2 atom stereocenters. The van der Waals surface area contributed by atoms with E-state index in [1.54, 1.807) is 25.1 Å². The molecule has 38 heavy (non-hydrogen) atoms. The topological polar surface area (TPSA) is 133 Å². The quantitative estimate of drug-likeness (QED) is 0.316. The number of pyridine rings is 1. The Morgan fingerprint density at radius 3 is 2.26 bits per heavy atom. The van der Waals surface area contributed by atoms with Gasteiger partial charge in [0.2, 0.25) is 11.8 Å². The van der Waals surface area contributed by atoms with Crippen LogP contribution in [0.5, 0.6) is 0 Å². The molecule has 0 radical (unpaired) electrons. The second kappa shape index (κ2) is 14.2. The lowest BCUT2D eigenvalue weighted by Crippen LogP contribution is -2.43. The van der Waals surface area contributed by atoms with Gasteiger partial charge in [-0.1, -0.05) is 72.8 Å². The molecule has 0 unspecified atom stereocenters. The summed E-state index contributed by atoms with van der Waals surface area (Å²) in [7, 11) is 0. The van der Waals surface area contributed by atoms with Gasteiger partial charge in [0.25, 0.3) is 5.56 Å². The van der Waals surface area contributed by atoms with Gasteiger partial charge in [0.15, 0.2) is 0 Å². The second-order valence-corrected chi connectivity index (χ2v) is 8.67. The zero-order valence-electron chi connectivity index (χ0n) is 21.2. The van der Waals surface area contributed by atoms with E-state index in [0.29, 0.717) is 6.42 Å². The summed E-state index contributed by atoms with van der Waals surface area (Å²) >= 11 is 0. The van der Waals surface area contributed by atoms with E-state index < -0.39 is 35.6 Å². The normalized spacial score (nSPS) is 12.4. The van der Waals surface area contributed by atoms with Crippen molar-refractivity contribution < 1.29 is 19.1 Å². The molecular formula is C29H32N4O5. The van der Waals surface area contributed by atoms with Gasteiger partial charge in [-0.15, -0.1) is 0 Å². The van der Waals surface area contributed by atoms with Crippen molar-refractivity contribution in [3.8, 4) is 0 Å². The summed E-state index contributed by atoms with van der Waals surface area (Å²) in [5, 5.41) is 5.40. The summed E-state index contributed by atoms with van der Waals surface area (Å²) in [4.78, 5) is 50.5. The molecule has 0 spiro atoms. The second-order valence-electron chi connectivity index (χ2n) is 8.67. The molecule has 198 valence electrons. The van der Waals surface area contributed by atoms with E-state index in [9.17, 15) is 19.2 Å². The zero-order valence-corrected chi connectivity index (χ0v) is 21.2. The van der Waals surface area contributed by atoms with Crippen LogP contribution in [0.15, 0.2) is 95.9 Å². The van der Waals surface area contributed by atoms with Gasteiger partial charge in [-0.3, -0.25) is 19.7 Å². The average molecular weight is 517 g/mol. The number of primary amides is 1. The summed E-state index contributed by atoms with van der Waals surface area (Å²) in [5.74, 6) is -0.879. The van der Waals surface area contributed by atoms with Crippen molar-refractivity contribution in [2.75, 3.05) is 5.32 Å². The number of rotatable bonds is 12. The predicted octanol–water partition coefficient (Wildman–Crippen LogP) is 3.71. The van der Waals surface area contributed by atoms with E-state index in [0.717, 1.165) is 11.1 Å². The van der Waals surface area contributed by atoms with Crippen LogP contribution >= 0.6 is 0 Å². The van der Waals surface area contributed by atoms with E-state index in [1.165, 1.54) is 16.8 Å². The number of benzene rings is 2. The summed E-state index contributed by atoms with van der Waals surface area (Å²) in [6, 6.07) is 20.1. The third-order valence-electron chi connectivity index (χ3n) is 5.79. The number of carbonyl (C=O) groups excluding carboxylic acids is 3. The molecule has 0 aliphatic carbocycles. The van der Waals surface area contributed by atoms with E-state index in [1.807, 2.05) is 60.7 Å². The average Bonchev–Trinajstić information content (AvgIpc) is 2.92. The van der Waals surface area contributed by atoms with Crippen molar-refractivity contribution in [3.05, 3.63) is 113 Å². The van der Waals surface area contributed by atoms with Crippen molar-refractivity contribution >= 4 is 23.6 Å². The van der Waals surface area contributed by atoms with Crippen LogP contribution in [0.25, 0.3) is 0 Å². The summed E-state index contributed by atoms with van der Waals surface area (Å²) < 4.78 is 6.52. The molecule has 9 heteroatoms. The largest absolute Gasteiger partial charge is 0.444 e. The molecule has 2 aromatic carbocycles. The molecule has 0 saturated heterocycles. The van der Waals surface area contributed by atoms with Crippen molar-refractivity contribution in [3.63, 3.8) is 0 Å².